The standard InChI is InChI=1S/C12H16O4/c1-3-9(13)7-8-5-6-10(16-4-2)12(15)11(8)14/h5-6,14-15H,3-4,7H2,1-2H3. The van der Waals surface area contributed by atoms with E-state index in [1.54, 1.807) is 26.0 Å². The van der Waals surface area contributed by atoms with Gasteiger partial charge in [0.25, 0.3) is 0 Å². The van der Waals surface area contributed by atoms with Crippen LogP contribution in [0.15, 0.2) is 12.1 Å². The molecule has 0 saturated carbocycles. The molecule has 0 heterocycles. The van der Waals surface area contributed by atoms with Gasteiger partial charge in [0, 0.05) is 18.4 Å². The molecule has 0 bridgehead atoms. The topological polar surface area (TPSA) is 66.8 Å². The van der Waals surface area contributed by atoms with Crippen molar-refractivity contribution in [1.82, 2.24) is 0 Å². The van der Waals surface area contributed by atoms with E-state index in [4.69, 9.17) is 4.74 Å². The number of hydrogen-bond acceptors (Lipinski definition) is 4. The number of carbonyl (C=O) groups is 1. The fourth-order valence-electron chi connectivity index (χ4n) is 1.35. The maximum atomic E-state index is 11.2. The number of rotatable bonds is 5. The molecule has 1 aromatic carbocycles. The maximum absolute atomic E-state index is 11.2. The predicted molar refractivity (Wildman–Crippen MR) is 59.9 cm³/mol. The molecular weight excluding hydrogens is 208 g/mol. The van der Waals surface area contributed by atoms with Crippen molar-refractivity contribution in [2.75, 3.05) is 6.61 Å². The second-order valence-corrected chi connectivity index (χ2v) is 3.42. The van der Waals surface area contributed by atoms with Crippen molar-refractivity contribution in [3.05, 3.63) is 17.7 Å². The van der Waals surface area contributed by atoms with Crippen LogP contribution in [0.1, 0.15) is 25.8 Å². The number of ether oxygens (including phenoxy) is 1. The average molecular weight is 224 g/mol. The SMILES string of the molecule is CCOc1ccc(CC(=O)CC)c(O)c1O. The lowest BCUT2D eigenvalue weighted by atomic mass is 10.1. The van der Waals surface area contributed by atoms with Gasteiger partial charge in [-0.05, 0) is 13.0 Å². The van der Waals surface area contributed by atoms with Crippen molar-refractivity contribution < 1.29 is 19.7 Å². The Morgan fingerprint density at radius 1 is 1.25 bits per heavy atom. The minimum atomic E-state index is -0.303. The first-order valence-electron chi connectivity index (χ1n) is 5.28. The van der Waals surface area contributed by atoms with Crippen LogP contribution >= 0.6 is 0 Å². The molecule has 0 aliphatic carbocycles. The Kier molecular flexibility index (Phi) is 4.17. The van der Waals surface area contributed by atoms with Gasteiger partial charge in [0.2, 0.25) is 5.75 Å². The Morgan fingerprint density at radius 2 is 1.94 bits per heavy atom. The predicted octanol–water partition coefficient (Wildman–Crippen LogP) is 2.02. The van der Waals surface area contributed by atoms with Gasteiger partial charge in [0.1, 0.15) is 5.78 Å². The van der Waals surface area contributed by atoms with Gasteiger partial charge in [-0.15, -0.1) is 0 Å². The Labute approximate surface area is 94.5 Å². The molecule has 4 heteroatoms. The van der Waals surface area contributed by atoms with E-state index in [9.17, 15) is 15.0 Å². The van der Waals surface area contributed by atoms with Crippen molar-refractivity contribution >= 4 is 5.78 Å². The highest BCUT2D eigenvalue weighted by Crippen LogP contribution is 2.38. The molecule has 1 aromatic rings. The van der Waals surface area contributed by atoms with E-state index in [0.717, 1.165) is 0 Å². The molecule has 0 atom stereocenters. The molecular formula is C12H16O4. The Morgan fingerprint density at radius 3 is 2.50 bits per heavy atom. The quantitative estimate of drug-likeness (QED) is 0.751. The number of Topliss-reactive ketones (excluding diaryl/α,β-unsaturated/α-hetero) is 1. The van der Waals surface area contributed by atoms with E-state index in [2.05, 4.69) is 0 Å². The number of benzene rings is 1. The Hall–Kier alpha value is -1.71. The van der Waals surface area contributed by atoms with Crippen molar-refractivity contribution in [2.24, 2.45) is 0 Å². The first-order chi connectivity index (χ1) is 7.60. The van der Waals surface area contributed by atoms with Gasteiger partial charge >= 0.3 is 0 Å². The molecule has 0 amide bonds. The van der Waals surface area contributed by atoms with Gasteiger partial charge in [-0.2, -0.15) is 0 Å². The van der Waals surface area contributed by atoms with Crippen LogP contribution in [-0.2, 0) is 11.2 Å². The average Bonchev–Trinajstić information content (AvgIpc) is 2.28. The third kappa shape index (κ3) is 2.66. The first kappa shape index (κ1) is 12.4. The molecule has 0 saturated heterocycles. The summed E-state index contributed by atoms with van der Waals surface area (Å²) in [5.41, 5.74) is 0.424. The molecule has 0 aliphatic rings. The lowest BCUT2D eigenvalue weighted by Gasteiger charge is -2.10. The lowest BCUT2D eigenvalue weighted by molar-refractivity contribution is -0.118. The number of hydrogen-bond donors (Lipinski definition) is 2. The highest BCUT2D eigenvalue weighted by molar-refractivity contribution is 5.81. The zero-order chi connectivity index (χ0) is 12.1. The second-order valence-electron chi connectivity index (χ2n) is 3.42. The molecule has 16 heavy (non-hydrogen) atoms. The molecule has 2 N–H and O–H groups in total. The van der Waals surface area contributed by atoms with Crippen LogP contribution in [0.4, 0.5) is 0 Å². The minimum Gasteiger partial charge on any atom is -0.504 e. The number of ketones is 1. The van der Waals surface area contributed by atoms with Crippen LogP contribution in [0.25, 0.3) is 0 Å². The van der Waals surface area contributed by atoms with E-state index in [1.165, 1.54) is 0 Å². The van der Waals surface area contributed by atoms with Crippen molar-refractivity contribution in [1.29, 1.82) is 0 Å². The summed E-state index contributed by atoms with van der Waals surface area (Å²) in [5, 5.41) is 19.3. The molecule has 88 valence electrons. The summed E-state index contributed by atoms with van der Waals surface area (Å²) in [5.74, 6) is -0.331. The van der Waals surface area contributed by atoms with Gasteiger partial charge in [-0.1, -0.05) is 13.0 Å². The summed E-state index contributed by atoms with van der Waals surface area (Å²) in [7, 11) is 0. The zero-order valence-corrected chi connectivity index (χ0v) is 9.49. The lowest BCUT2D eigenvalue weighted by Crippen LogP contribution is -2.01. The fraction of sp³-hybridized carbons (Fsp3) is 0.417. The maximum Gasteiger partial charge on any atom is 0.200 e. The van der Waals surface area contributed by atoms with Gasteiger partial charge in [-0.3, -0.25) is 4.79 Å². The normalized spacial score (nSPS) is 10.1. The second kappa shape index (κ2) is 5.39. The summed E-state index contributed by atoms with van der Waals surface area (Å²) >= 11 is 0. The number of aromatic hydroxyl groups is 2. The van der Waals surface area contributed by atoms with E-state index >= 15 is 0 Å². The smallest absolute Gasteiger partial charge is 0.200 e. The molecule has 0 aliphatic heterocycles. The summed E-state index contributed by atoms with van der Waals surface area (Å²) in [4.78, 5) is 11.2. The van der Waals surface area contributed by atoms with E-state index < -0.39 is 0 Å². The third-order valence-corrected chi connectivity index (χ3v) is 2.28. The fourth-order valence-corrected chi connectivity index (χ4v) is 1.35. The molecule has 1 rings (SSSR count). The van der Waals surface area contributed by atoms with Gasteiger partial charge < -0.3 is 14.9 Å². The first-order valence-corrected chi connectivity index (χ1v) is 5.28. The van der Waals surface area contributed by atoms with Crippen LogP contribution < -0.4 is 4.74 Å². The van der Waals surface area contributed by atoms with Crippen molar-refractivity contribution in [3.63, 3.8) is 0 Å². The third-order valence-electron chi connectivity index (χ3n) is 2.28. The highest BCUT2D eigenvalue weighted by atomic mass is 16.5. The van der Waals surface area contributed by atoms with Crippen LogP contribution in [0.5, 0.6) is 17.2 Å². The molecule has 0 unspecified atom stereocenters. The summed E-state index contributed by atoms with van der Waals surface area (Å²) < 4.78 is 5.11. The van der Waals surface area contributed by atoms with E-state index in [1.807, 2.05) is 0 Å². The van der Waals surface area contributed by atoms with Crippen LogP contribution in [0.2, 0.25) is 0 Å². The van der Waals surface area contributed by atoms with Crippen LogP contribution in [0, 0.1) is 0 Å². The Bertz CT molecular complexity index is 385. The van der Waals surface area contributed by atoms with Gasteiger partial charge in [0.15, 0.2) is 11.5 Å². The summed E-state index contributed by atoms with van der Waals surface area (Å²) in [6, 6.07) is 3.14. The summed E-state index contributed by atoms with van der Waals surface area (Å²) in [6.45, 7) is 3.94. The number of phenolic OH excluding ortho intramolecular Hbond substituents is 2. The highest BCUT2D eigenvalue weighted by Gasteiger charge is 2.14. The van der Waals surface area contributed by atoms with Crippen LogP contribution in [0.3, 0.4) is 0 Å². The summed E-state index contributed by atoms with van der Waals surface area (Å²) in [6.07, 6.45) is 0.537. The largest absolute Gasteiger partial charge is 0.504 e. The molecule has 0 spiro atoms. The van der Waals surface area contributed by atoms with E-state index in [-0.39, 0.29) is 29.5 Å². The molecule has 0 aromatic heterocycles. The van der Waals surface area contributed by atoms with Crippen molar-refractivity contribution in [3.8, 4) is 17.2 Å². The van der Waals surface area contributed by atoms with Crippen molar-refractivity contribution in [2.45, 2.75) is 26.7 Å². The Balaban J connectivity index is 2.97. The van der Waals surface area contributed by atoms with Crippen LogP contribution in [-0.4, -0.2) is 22.6 Å². The zero-order valence-electron chi connectivity index (χ0n) is 9.49. The monoisotopic (exact) mass is 224 g/mol. The minimum absolute atomic E-state index is 0.0128. The number of carbonyl (C=O) groups excluding carboxylic acids is 1. The molecule has 0 radical (unpaired) electrons. The van der Waals surface area contributed by atoms with Gasteiger partial charge in [0.05, 0.1) is 6.61 Å². The van der Waals surface area contributed by atoms with Gasteiger partial charge in [-0.25, -0.2) is 0 Å². The molecule has 4 nitrogen and oxygen atoms in total. The number of phenols is 2. The van der Waals surface area contributed by atoms with E-state index in [0.29, 0.717) is 18.6 Å². The molecule has 0 fully saturated rings.